The number of benzene rings is 4. The van der Waals surface area contributed by atoms with Crippen LogP contribution in [-0.4, -0.2) is 57.0 Å². The lowest BCUT2D eigenvalue weighted by Gasteiger charge is -2.21. The van der Waals surface area contributed by atoms with Crippen molar-refractivity contribution in [1.29, 1.82) is 0 Å². The maximum atomic E-state index is 13.4. The fourth-order valence-electron chi connectivity index (χ4n) is 4.15. The molecule has 0 spiro atoms. The van der Waals surface area contributed by atoms with Crippen molar-refractivity contribution in [2.75, 3.05) is 26.2 Å². The van der Waals surface area contributed by atoms with E-state index in [2.05, 4.69) is 15.8 Å². The Morgan fingerprint density at radius 1 is 0.795 bits per heavy atom. The first-order chi connectivity index (χ1) is 21.3. The Balaban J connectivity index is 1.27. The SMILES string of the molecule is O=C(COc1ccc(/C=N/NC(=O)CN(CCc2ccccc2)S(=O)(=O)c2ccc(Cl)cc2)cc1)NCCc1ccccc1. The third kappa shape index (κ3) is 10.3. The molecular formula is C33H33ClN4O5S. The number of ether oxygens (including phenoxy) is 1. The summed E-state index contributed by atoms with van der Waals surface area (Å²) < 4.78 is 33.4. The van der Waals surface area contributed by atoms with Gasteiger partial charge in [0.1, 0.15) is 5.75 Å². The van der Waals surface area contributed by atoms with Gasteiger partial charge in [0, 0.05) is 18.1 Å². The highest BCUT2D eigenvalue weighted by Gasteiger charge is 2.26. The fourth-order valence-corrected chi connectivity index (χ4v) is 5.68. The van der Waals surface area contributed by atoms with E-state index in [4.69, 9.17) is 16.3 Å². The summed E-state index contributed by atoms with van der Waals surface area (Å²) in [5.74, 6) is -0.305. The molecule has 0 atom stereocenters. The van der Waals surface area contributed by atoms with Crippen LogP contribution < -0.4 is 15.5 Å². The number of carbonyl (C=O) groups is 2. The molecule has 4 rings (SSSR count). The van der Waals surface area contributed by atoms with Gasteiger partial charge in [-0.1, -0.05) is 72.3 Å². The first kappa shape index (κ1) is 32.4. The van der Waals surface area contributed by atoms with Gasteiger partial charge < -0.3 is 10.1 Å². The molecule has 0 aromatic heterocycles. The van der Waals surface area contributed by atoms with Crippen LogP contribution in [-0.2, 0) is 32.5 Å². The number of hydrazone groups is 1. The molecule has 11 heteroatoms. The van der Waals surface area contributed by atoms with Crippen molar-refractivity contribution in [3.63, 3.8) is 0 Å². The zero-order chi connectivity index (χ0) is 31.2. The van der Waals surface area contributed by atoms with Gasteiger partial charge in [-0.3, -0.25) is 9.59 Å². The van der Waals surface area contributed by atoms with Crippen LogP contribution in [0.1, 0.15) is 16.7 Å². The molecular weight excluding hydrogens is 600 g/mol. The quantitative estimate of drug-likeness (QED) is 0.148. The van der Waals surface area contributed by atoms with Gasteiger partial charge in [0.05, 0.1) is 17.7 Å². The van der Waals surface area contributed by atoms with Crippen LogP contribution in [0, 0.1) is 0 Å². The highest BCUT2D eigenvalue weighted by molar-refractivity contribution is 7.89. The Morgan fingerprint density at radius 2 is 1.41 bits per heavy atom. The first-order valence-corrected chi connectivity index (χ1v) is 15.8. The average molecular weight is 633 g/mol. The van der Waals surface area contributed by atoms with Crippen molar-refractivity contribution >= 4 is 39.7 Å². The first-order valence-electron chi connectivity index (χ1n) is 13.9. The number of nitrogens with one attached hydrogen (secondary N) is 2. The van der Waals surface area contributed by atoms with E-state index < -0.39 is 22.5 Å². The molecule has 0 heterocycles. The maximum Gasteiger partial charge on any atom is 0.257 e. The summed E-state index contributed by atoms with van der Waals surface area (Å²) in [5, 5.41) is 7.21. The molecule has 0 unspecified atom stereocenters. The number of rotatable bonds is 15. The molecule has 44 heavy (non-hydrogen) atoms. The maximum absolute atomic E-state index is 13.4. The molecule has 0 saturated heterocycles. The normalized spacial score (nSPS) is 11.4. The minimum atomic E-state index is -3.98. The molecule has 0 aliphatic rings. The van der Waals surface area contributed by atoms with Crippen molar-refractivity contribution in [3.05, 3.63) is 131 Å². The van der Waals surface area contributed by atoms with Crippen molar-refractivity contribution in [1.82, 2.24) is 15.0 Å². The topological polar surface area (TPSA) is 117 Å². The van der Waals surface area contributed by atoms with Crippen LogP contribution in [0.5, 0.6) is 5.75 Å². The molecule has 0 radical (unpaired) electrons. The molecule has 4 aromatic carbocycles. The van der Waals surface area contributed by atoms with E-state index in [1.165, 1.54) is 30.5 Å². The van der Waals surface area contributed by atoms with Crippen LogP contribution in [0.3, 0.4) is 0 Å². The van der Waals surface area contributed by atoms with Crippen LogP contribution in [0.25, 0.3) is 0 Å². The van der Waals surface area contributed by atoms with Crippen LogP contribution in [0.2, 0.25) is 5.02 Å². The summed E-state index contributed by atoms with van der Waals surface area (Å²) in [7, 11) is -3.98. The Morgan fingerprint density at radius 3 is 2.05 bits per heavy atom. The van der Waals surface area contributed by atoms with Gasteiger partial charge in [-0.25, -0.2) is 13.8 Å². The third-order valence-corrected chi connectivity index (χ3v) is 8.61. The lowest BCUT2D eigenvalue weighted by Crippen LogP contribution is -2.40. The second-order valence-electron chi connectivity index (χ2n) is 9.76. The third-order valence-electron chi connectivity index (χ3n) is 6.50. The lowest BCUT2D eigenvalue weighted by atomic mass is 10.1. The number of sulfonamides is 1. The minimum absolute atomic E-state index is 0.0400. The van der Waals surface area contributed by atoms with Crippen molar-refractivity contribution in [2.24, 2.45) is 5.10 Å². The number of hydrogen-bond acceptors (Lipinski definition) is 6. The standard InChI is InChI=1S/C33H33ClN4O5S/c34-29-13-17-31(18-14-29)44(41,42)38(22-20-27-9-5-2-6-10-27)24-32(39)37-36-23-28-11-15-30(16-12-28)43-25-33(40)35-21-19-26-7-3-1-4-8-26/h1-18,23H,19-22,24-25H2,(H,35,40)(H,37,39)/b36-23+. The Bertz CT molecular complexity index is 1630. The highest BCUT2D eigenvalue weighted by Crippen LogP contribution is 2.19. The predicted molar refractivity (Wildman–Crippen MR) is 171 cm³/mol. The smallest absolute Gasteiger partial charge is 0.257 e. The van der Waals surface area contributed by atoms with E-state index in [1.807, 2.05) is 60.7 Å². The Kier molecular flexibility index (Phi) is 12.1. The predicted octanol–water partition coefficient (Wildman–Crippen LogP) is 4.46. The summed E-state index contributed by atoms with van der Waals surface area (Å²) in [6, 6.07) is 31.9. The number of amides is 2. The molecule has 2 amide bonds. The van der Waals surface area contributed by atoms with E-state index in [0.29, 0.717) is 29.3 Å². The van der Waals surface area contributed by atoms with Crippen LogP contribution in [0.15, 0.2) is 119 Å². The Labute approximate surface area is 262 Å². The van der Waals surface area contributed by atoms with Crippen LogP contribution >= 0.6 is 11.6 Å². The number of halogens is 1. The molecule has 0 aliphatic carbocycles. The molecule has 0 fully saturated rings. The number of nitrogens with zero attached hydrogens (tertiary/aromatic N) is 2. The minimum Gasteiger partial charge on any atom is -0.484 e. The summed E-state index contributed by atoms with van der Waals surface area (Å²) >= 11 is 5.93. The zero-order valence-corrected chi connectivity index (χ0v) is 25.5. The summed E-state index contributed by atoms with van der Waals surface area (Å²) in [6.45, 7) is 0.0805. The molecule has 2 N–H and O–H groups in total. The van der Waals surface area contributed by atoms with Crippen LogP contribution in [0.4, 0.5) is 0 Å². The molecule has 9 nitrogen and oxygen atoms in total. The van der Waals surface area contributed by atoms with Crippen molar-refractivity contribution in [3.8, 4) is 5.75 Å². The number of carbonyl (C=O) groups excluding carboxylic acids is 2. The van der Waals surface area contributed by atoms with E-state index >= 15 is 0 Å². The van der Waals surface area contributed by atoms with E-state index in [0.717, 1.165) is 21.9 Å². The average Bonchev–Trinajstić information content (AvgIpc) is 3.04. The van der Waals surface area contributed by atoms with Crippen molar-refractivity contribution < 1.29 is 22.7 Å². The van der Waals surface area contributed by atoms with Gasteiger partial charge >= 0.3 is 0 Å². The molecule has 4 aromatic rings. The molecule has 0 saturated carbocycles. The molecule has 0 bridgehead atoms. The number of hydrogen-bond donors (Lipinski definition) is 2. The van der Waals surface area contributed by atoms with Gasteiger partial charge in [-0.15, -0.1) is 0 Å². The van der Waals surface area contributed by atoms with E-state index in [1.54, 1.807) is 24.3 Å². The molecule has 0 aliphatic heterocycles. The van der Waals surface area contributed by atoms with Gasteiger partial charge in [-0.05, 0) is 78.1 Å². The van der Waals surface area contributed by atoms with Gasteiger partial charge in [0.25, 0.3) is 11.8 Å². The van der Waals surface area contributed by atoms with Crippen molar-refractivity contribution in [2.45, 2.75) is 17.7 Å². The van der Waals surface area contributed by atoms with Gasteiger partial charge in [0.2, 0.25) is 10.0 Å². The molecule has 228 valence electrons. The van der Waals surface area contributed by atoms with E-state index in [-0.39, 0.29) is 24.0 Å². The van der Waals surface area contributed by atoms with Gasteiger partial charge in [-0.2, -0.15) is 9.41 Å². The fraction of sp³-hybridized carbons (Fsp3) is 0.182. The second kappa shape index (κ2) is 16.4. The lowest BCUT2D eigenvalue weighted by molar-refractivity contribution is -0.123. The monoisotopic (exact) mass is 632 g/mol. The zero-order valence-electron chi connectivity index (χ0n) is 23.9. The summed E-state index contributed by atoms with van der Waals surface area (Å²) in [6.07, 6.45) is 2.59. The van der Waals surface area contributed by atoms with E-state index in [9.17, 15) is 18.0 Å². The summed E-state index contributed by atoms with van der Waals surface area (Å²) in [4.78, 5) is 24.9. The summed E-state index contributed by atoms with van der Waals surface area (Å²) in [5.41, 5.74) is 5.15. The Hall–Kier alpha value is -4.51. The highest BCUT2D eigenvalue weighted by atomic mass is 35.5. The largest absolute Gasteiger partial charge is 0.484 e. The van der Waals surface area contributed by atoms with Gasteiger partial charge in [0.15, 0.2) is 6.61 Å². The second-order valence-corrected chi connectivity index (χ2v) is 12.1.